The van der Waals surface area contributed by atoms with E-state index in [0.717, 1.165) is 31.4 Å². The maximum absolute atomic E-state index is 4.50. The summed E-state index contributed by atoms with van der Waals surface area (Å²) in [6.07, 6.45) is 9.66. The van der Waals surface area contributed by atoms with Crippen molar-refractivity contribution >= 4 is 11.8 Å². The van der Waals surface area contributed by atoms with Gasteiger partial charge in [0.05, 0.1) is 0 Å². The van der Waals surface area contributed by atoms with Crippen LogP contribution in [0.25, 0.3) is 0 Å². The van der Waals surface area contributed by atoms with Crippen LogP contribution >= 0.6 is 0 Å². The van der Waals surface area contributed by atoms with Crippen molar-refractivity contribution in [3.05, 3.63) is 23.9 Å². The Hall–Kier alpha value is -1.78. The average molecular weight is 301 g/mol. The minimum atomic E-state index is 0.587. The van der Waals surface area contributed by atoms with Gasteiger partial charge in [-0.1, -0.05) is 12.8 Å². The lowest BCUT2D eigenvalue weighted by Crippen LogP contribution is -2.41. The van der Waals surface area contributed by atoms with Crippen molar-refractivity contribution < 1.29 is 0 Å². The number of pyridine rings is 1. The standard InChI is InChI=1S/C17H27N5/c1-18-17(21-15-6-2-3-7-15)20-13-14-8-9-19-16(12-14)22-10-4-5-11-22/h8-9,12,15H,2-7,10-11,13H2,1H3,(H2,18,20,21). The molecule has 2 heterocycles. The van der Waals surface area contributed by atoms with Crippen LogP contribution in [0.2, 0.25) is 0 Å². The zero-order chi connectivity index (χ0) is 15.2. The molecule has 5 nitrogen and oxygen atoms in total. The van der Waals surface area contributed by atoms with Crippen LogP contribution in [0.5, 0.6) is 0 Å². The molecule has 1 saturated carbocycles. The monoisotopic (exact) mass is 301 g/mol. The fourth-order valence-corrected chi connectivity index (χ4v) is 3.33. The van der Waals surface area contributed by atoms with E-state index in [1.807, 2.05) is 13.2 Å². The second kappa shape index (κ2) is 7.47. The zero-order valence-corrected chi connectivity index (χ0v) is 13.5. The number of rotatable bonds is 4. The summed E-state index contributed by atoms with van der Waals surface area (Å²) in [7, 11) is 1.84. The largest absolute Gasteiger partial charge is 0.357 e. The lowest BCUT2D eigenvalue weighted by Gasteiger charge is -2.18. The topological polar surface area (TPSA) is 52.6 Å². The summed E-state index contributed by atoms with van der Waals surface area (Å²) in [6.45, 7) is 3.05. The summed E-state index contributed by atoms with van der Waals surface area (Å²) in [5.74, 6) is 2.02. The smallest absolute Gasteiger partial charge is 0.191 e. The van der Waals surface area contributed by atoms with Gasteiger partial charge in [-0.15, -0.1) is 0 Å². The van der Waals surface area contributed by atoms with Gasteiger partial charge in [0.15, 0.2) is 5.96 Å². The van der Waals surface area contributed by atoms with Gasteiger partial charge < -0.3 is 15.5 Å². The SMILES string of the molecule is CN=C(NCc1ccnc(N2CCCC2)c1)NC1CCCC1. The Labute approximate surface area is 133 Å². The van der Waals surface area contributed by atoms with E-state index in [-0.39, 0.29) is 0 Å². The molecule has 1 aromatic heterocycles. The van der Waals surface area contributed by atoms with Crippen LogP contribution in [0.4, 0.5) is 5.82 Å². The van der Waals surface area contributed by atoms with Crippen LogP contribution in [0.3, 0.4) is 0 Å². The molecule has 120 valence electrons. The van der Waals surface area contributed by atoms with Crippen molar-refractivity contribution in [3.8, 4) is 0 Å². The first kappa shape index (κ1) is 15.1. The van der Waals surface area contributed by atoms with Gasteiger partial charge in [0.2, 0.25) is 0 Å². The van der Waals surface area contributed by atoms with Gasteiger partial charge >= 0.3 is 0 Å². The van der Waals surface area contributed by atoms with Crippen molar-refractivity contribution in [2.75, 3.05) is 25.0 Å². The van der Waals surface area contributed by atoms with Crippen LogP contribution < -0.4 is 15.5 Å². The van der Waals surface area contributed by atoms with Gasteiger partial charge in [-0.25, -0.2) is 4.98 Å². The van der Waals surface area contributed by atoms with E-state index in [1.54, 1.807) is 0 Å². The molecule has 1 aliphatic carbocycles. The quantitative estimate of drug-likeness (QED) is 0.662. The Morgan fingerprint density at radius 2 is 2.05 bits per heavy atom. The third-order valence-electron chi connectivity index (χ3n) is 4.62. The van der Waals surface area contributed by atoms with E-state index < -0.39 is 0 Å². The van der Waals surface area contributed by atoms with Crippen molar-refractivity contribution in [3.63, 3.8) is 0 Å². The number of aliphatic imine (C=N–C) groups is 1. The Morgan fingerprint density at radius 3 is 2.77 bits per heavy atom. The summed E-state index contributed by atoms with van der Waals surface area (Å²) in [4.78, 5) is 11.2. The van der Waals surface area contributed by atoms with E-state index in [2.05, 4.69) is 37.6 Å². The maximum atomic E-state index is 4.50. The number of anilines is 1. The lowest BCUT2D eigenvalue weighted by atomic mass is 10.2. The first-order valence-electron chi connectivity index (χ1n) is 8.52. The number of nitrogens with zero attached hydrogens (tertiary/aromatic N) is 3. The third kappa shape index (κ3) is 3.90. The predicted molar refractivity (Wildman–Crippen MR) is 91.3 cm³/mol. The normalized spacial score (nSPS) is 19.7. The van der Waals surface area contributed by atoms with Gasteiger partial charge in [0, 0.05) is 38.9 Å². The minimum absolute atomic E-state index is 0.587. The molecule has 2 N–H and O–H groups in total. The molecule has 22 heavy (non-hydrogen) atoms. The van der Waals surface area contributed by atoms with Gasteiger partial charge in [0.1, 0.15) is 5.82 Å². The molecule has 5 heteroatoms. The Balaban J connectivity index is 1.54. The molecule has 2 fully saturated rings. The average Bonchev–Trinajstić information content (AvgIpc) is 3.25. The fraction of sp³-hybridized carbons (Fsp3) is 0.647. The fourth-order valence-electron chi connectivity index (χ4n) is 3.33. The van der Waals surface area contributed by atoms with Gasteiger partial charge in [0.25, 0.3) is 0 Å². The van der Waals surface area contributed by atoms with Gasteiger partial charge in [-0.3, -0.25) is 4.99 Å². The number of guanidine groups is 1. The first-order valence-corrected chi connectivity index (χ1v) is 8.52. The Morgan fingerprint density at radius 1 is 1.27 bits per heavy atom. The molecule has 0 amide bonds. The highest BCUT2D eigenvalue weighted by Crippen LogP contribution is 2.19. The third-order valence-corrected chi connectivity index (χ3v) is 4.62. The van der Waals surface area contributed by atoms with E-state index in [9.17, 15) is 0 Å². The van der Waals surface area contributed by atoms with Crippen LogP contribution in [-0.2, 0) is 6.54 Å². The highest BCUT2D eigenvalue weighted by Gasteiger charge is 2.16. The Bertz CT molecular complexity index is 502. The predicted octanol–water partition coefficient (Wildman–Crippen LogP) is 2.29. The summed E-state index contributed by atoms with van der Waals surface area (Å²) < 4.78 is 0. The second-order valence-electron chi connectivity index (χ2n) is 6.27. The van der Waals surface area contributed by atoms with E-state index in [1.165, 1.54) is 44.1 Å². The molecular formula is C17H27N5. The maximum Gasteiger partial charge on any atom is 0.191 e. The summed E-state index contributed by atoms with van der Waals surface area (Å²) >= 11 is 0. The molecule has 1 saturated heterocycles. The number of aromatic nitrogens is 1. The van der Waals surface area contributed by atoms with Crippen LogP contribution in [0.15, 0.2) is 23.3 Å². The molecule has 0 aromatic carbocycles. The first-order chi connectivity index (χ1) is 10.8. The molecule has 0 atom stereocenters. The van der Waals surface area contributed by atoms with Crippen LogP contribution in [0.1, 0.15) is 44.1 Å². The summed E-state index contributed by atoms with van der Waals surface area (Å²) in [6, 6.07) is 4.86. The molecule has 0 radical (unpaired) electrons. The molecule has 0 spiro atoms. The highest BCUT2D eigenvalue weighted by atomic mass is 15.2. The molecular weight excluding hydrogens is 274 g/mol. The van der Waals surface area contributed by atoms with E-state index in [0.29, 0.717) is 6.04 Å². The van der Waals surface area contributed by atoms with Crippen molar-refractivity contribution in [2.45, 2.75) is 51.1 Å². The van der Waals surface area contributed by atoms with Crippen LogP contribution in [0, 0.1) is 0 Å². The highest BCUT2D eigenvalue weighted by molar-refractivity contribution is 5.80. The van der Waals surface area contributed by atoms with Crippen LogP contribution in [-0.4, -0.2) is 37.1 Å². The molecule has 1 aliphatic heterocycles. The molecule has 0 unspecified atom stereocenters. The number of hydrogen-bond donors (Lipinski definition) is 2. The summed E-state index contributed by atoms with van der Waals surface area (Å²) in [5, 5.41) is 6.94. The van der Waals surface area contributed by atoms with Crippen molar-refractivity contribution in [1.29, 1.82) is 0 Å². The van der Waals surface area contributed by atoms with Crippen molar-refractivity contribution in [2.24, 2.45) is 4.99 Å². The number of nitrogens with one attached hydrogen (secondary N) is 2. The summed E-state index contributed by atoms with van der Waals surface area (Å²) in [5.41, 5.74) is 1.26. The van der Waals surface area contributed by atoms with Gasteiger partial charge in [-0.2, -0.15) is 0 Å². The van der Waals surface area contributed by atoms with E-state index in [4.69, 9.17) is 0 Å². The molecule has 1 aromatic rings. The molecule has 2 aliphatic rings. The Kier molecular flexibility index (Phi) is 5.14. The molecule has 0 bridgehead atoms. The van der Waals surface area contributed by atoms with Gasteiger partial charge in [-0.05, 0) is 43.4 Å². The number of hydrogen-bond acceptors (Lipinski definition) is 3. The zero-order valence-electron chi connectivity index (χ0n) is 13.5. The van der Waals surface area contributed by atoms with Crippen molar-refractivity contribution in [1.82, 2.24) is 15.6 Å². The molecule has 3 rings (SSSR count). The lowest BCUT2D eigenvalue weighted by molar-refractivity contribution is 0.613. The van der Waals surface area contributed by atoms with E-state index >= 15 is 0 Å². The second-order valence-corrected chi connectivity index (χ2v) is 6.27. The minimum Gasteiger partial charge on any atom is -0.357 e.